The van der Waals surface area contributed by atoms with Gasteiger partial charge in [0.25, 0.3) is 0 Å². The van der Waals surface area contributed by atoms with Gasteiger partial charge in [0.2, 0.25) is 0 Å². The maximum atomic E-state index is 5.92. The van der Waals surface area contributed by atoms with Gasteiger partial charge in [-0.2, -0.15) is 0 Å². The molecule has 0 saturated carbocycles. The number of nitrogen functional groups attached to an aromatic ring is 1. The van der Waals surface area contributed by atoms with Crippen molar-refractivity contribution in [2.75, 3.05) is 37.7 Å². The van der Waals surface area contributed by atoms with Crippen LogP contribution in [0.1, 0.15) is 38.1 Å². The minimum absolute atomic E-state index is 0.284. The van der Waals surface area contributed by atoms with Gasteiger partial charge in [0.1, 0.15) is 17.5 Å². The molecule has 18 heavy (non-hydrogen) atoms. The van der Waals surface area contributed by atoms with Crippen LogP contribution < -0.4 is 11.1 Å². The van der Waals surface area contributed by atoms with Crippen LogP contribution >= 0.6 is 0 Å². The molecule has 1 heterocycles. The monoisotopic (exact) mass is 251 g/mol. The number of nitrogens with zero attached hydrogens (tertiary/aromatic N) is 3. The van der Waals surface area contributed by atoms with Crippen LogP contribution in [0.2, 0.25) is 0 Å². The summed E-state index contributed by atoms with van der Waals surface area (Å²) in [5, 5.41) is 3.34. The van der Waals surface area contributed by atoms with Gasteiger partial charge in [-0.1, -0.05) is 20.8 Å². The lowest BCUT2D eigenvalue weighted by Gasteiger charge is -2.16. The first kappa shape index (κ1) is 14.7. The number of anilines is 2. The van der Waals surface area contributed by atoms with Crippen molar-refractivity contribution >= 4 is 11.6 Å². The molecule has 0 aromatic carbocycles. The highest BCUT2D eigenvalue weighted by atomic mass is 15.1. The van der Waals surface area contributed by atoms with Gasteiger partial charge in [-0.3, -0.25) is 0 Å². The van der Waals surface area contributed by atoms with E-state index < -0.39 is 0 Å². The van der Waals surface area contributed by atoms with Crippen LogP contribution in [-0.4, -0.2) is 41.5 Å². The summed E-state index contributed by atoms with van der Waals surface area (Å²) < 4.78 is 0. The summed E-state index contributed by atoms with van der Waals surface area (Å²) in [4.78, 5) is 11.1. The van der Waals surface area contributed by atoms with Gasteiger partial charge in [0, 0.05) is 24.6 Å². The molecule has 0 atom stereocenters. The van der Waals surface area contributed by atoms with E-state index in [4.69, 9.17) is 5.73 Å². The highest BCUT2D eigenvalue weighted by molar-refractivity contribution is 5.54. The predicted molar refractivity (Wildman–Crippen MR) is 76.9 cm³/mol. The summed E-state index contributed by atoms with van der Waals surface area (Å²) in [6.07, 6.45) is 0. The molecule has 1 rings (SSSR count). The zero-order valence-corrected chi connectivity index (χ0v) is 12.1. The van der Waals surface area contributed by atoms with E-state index in [0.29, 0.717) is 5.82 Å². The summed E-state index contributed by atoms with van der Waals surface area (Å²) in [5.41, 5.74) is 6.84. The van der Waals surface area contributed by atoms with Crippen molar-refractivity contribution in [2.24, 2.45) is 0 Å². The zero-order chi connectivity index (χ0) is 13.7. The second-order valence-corrected chi connectivity index (χ2v) is 4.92. The van der Waals surface area contributed by atoms with Crippen LogP contribution in [0.5, 0.6) is 0 Å². The molecule has 0 aliphatic heterocycles. The maximum absolute atomic E-state index is 5.92. The third-order valence-corrected chi connectivity index (χ3v) is 3.04. The summed E-state index contributed by atoms with van der Waals surface area (Å²) >= 11 is 0. The molecule has 0 radical (unpaired) electrons. The topological polar surface area (TPSA) is 67.1 Å². The lowest BCUT2D eigenvalue weighted by molar-refractivity contribution is 0.367. The van der Waals surface area contributed by atoms with Crippen molar-refractivity contribution < 1.29 is 0 Å². The van der Waals surface area contributed by atoms with Gasteiger partial charge < -0.3 is 16.0 Å². The first-order valence-electron chi connectivity index (χ1n) is 6.52. The highest BCUT2D eigenvalue weighted by Gasteiger charge is 2.10. The average Bonchev–Trinajstić information content (AvgIpc) is 2.33. The largest absolute Gasteiger partial charge is 0.383 e. The zero-order valence-electron chi connectivity index (χ0n) is 12.1. The number of rotatable bonds is 6. The van der Waals surface area contributed by atoms with Gasteiger partial charge in [-0.05, 0) is 20.5 Å². The van der Waals surface area contributed by atoms with Crippen molar-refractivity contribution in [3.8, 4) is 0 Å². The number of likely N-dealkylation sites (N-methyl/N-ethyl adjacent to an activating group) is 1. The van der Waals surface area contributed by atoms with Gasteiger partial charge in [0.15, 0.2) is 0 Å². The van der Waals surface area contributed by atoms with E-state index in [0.717, 1.165) is 36.8 Å². The summed E-state index contributed by atoms with van der Waals surface area (Å²) in [5.74, 6) is 2.51. The van der Waals surface area contributed by atoms with Crippen molar-refractivity contribution in [3.05, 3.63) is 11.4 Å². The molecule has 0 amide bonds. The number of hydrogen-bond donors (Lipinski definition) is 2. The van der Waals surface area contributed by atoms with Gasteiger partial charge in [0.05, 0.1) is 0 Å². The molecule has 0 aliphatic carbocycles. The SMILES string of the molecule is CCN(C)CCNc1nc(C(C)C)nc(N)c1C. The first-order chi connectivity index (χ1) is 8.45. The molecule has 102 valence electrons. The highest BCUT2D eigenvalue weighted by Crippen LogP contribution is 2.20. The molecule has 1 aromatic rings. The first-order valence-corrected chi connectivity index (χ1v) is 6.52. The Labute approximate surface area is 110 Å². The van der Waals surface area contributed by atoms with E-state index >= 15 is 0 Å². The van der Waals surface area contributed by atoms with Gasteiger partial charge >= 0.3 is 0 Å². The molecular weight excluding hydrogens is 226 g/mol. The number of aromatic nitrogens is 2. The van der Waals surface area contributed by atoms with Gasteiger partial charge in [-0.15, -0.1) is 0 Å². The Balaban J connectivity index is 2.75. The Morgan fingerprint density at radius 3 is 2.56 bits per heavy atom. The number of hydrogen-bond acceptors (Lipinski definition) is 5. The fourth-order valence-electron chi connectivity index (χ4n) is 1.51. The fraction of sp³-hybridized carbons (Fsp3) is 0.692. The maximum Gasteiger partial charge on any atom is 0.135 e. The van der Waals surface area contributed by atoms with Crippen LogP contribution in [0.4, 0.5) is 11.6 Å². The van der Waals surface area contributed by atoms with E-state index in [-0.39, 0.29) is 5.92 Å². The van der Waals surface area contributed by atoms with E-state index in [1.807, 2.05) is 6.92 Å². The lowest BCUT2D eigenvalue weighted by atomic mass is 10.2. The molecule has 0 spiro atoms. The Hall–Kier alpha value is -1.36. The lowest BCUT2D eigenvalue weighted by Crippen LogP contribution is -2.25. The summed E-state index contributed by atoms with van der Waals surface area (Å²) in [7, 11) is 2.10. The second kappa shape index (κ2) is 6.54. The average molecular weight is 251 g/mol. The molecule has 0 saturated heterocycles. The summed E-state index contributed by atoms with van der Waals surface area (Å²) in [6, 6.07) is 0. The van der Waals surface area contributed by atoms with Crippen molar-refractivity contribution in [3.63, 3.8) is 0 Å². The van der Waals surface area contributed by atoms with Gasteiger partial charge in [-0.25, -0.2) is 9.97 Å². The predicted octanol–water partition coefficient (Wildman–Crippen LogP) is 1.85. The van der Waals surface area contributed by atoms with E-state index in [9.17, 15) is 0 Å². The number of nitrogens with two attached hydrogens (primary N) is 1. The molecule has 0 aliphatic rings. The molecule has 3 N–H and O–H groups in total. The molecule has 5 nitrogen and oxygen atoms in total. The van der Waals surface area contributed by atoms with Crippen molar-refractivity contribution in [2.45, 2.75) is 33.6 Å². The normalized spacial score (nSPS) is 11.3. The molecular formula is C13H25N5. The van der Waals surface area contributed by atoms with Crippen LogP contribution in [0.15, 0.2) is 0 Å². The summed E-state index contributed by atoms with van der Waals surface area (Å²) in [6.45, 7) is 11.1. The molecule has 5 heteroatoms. The second-order valence-electron chi connectivity index (χ2n) is 4.92. The smallest absolute Gasteiger partial charge is 0.135 e. The third kappa shape index (κ3) is 3.84. The molecule has 0 bridgehead atoms. The van der Waals surface area contributed by atoms with Crippen molar-refractivity contribution in [1.82, 2.24) is 14.9 Å². The third-order valence-electron chi connectivity index (χ3n) is 3.04. The van der Waals surface area contributed by atoms with Crippen LogP contribution in [0.25, 0.3) is 0 Å². The minimum atomic E-state index is 0.284. The van der Waals surface area contributed by atoms with Crippen LogP contribution in [0, 0.1) is 6.92 Å². The molecule has 0 unspecified atom stereocenters. The van der Waals surface area contributed by atoms with Crippen LogP contribution in [-0.2, 0) is 0 Å². The molecule has 0 fully saturated rings. The van der Waals surface area contributed by atoms with Crippen LogP contribution in [0.3, 0.4) is 0 Å². The van der Waals surface area contributed by atoms with Crippen molar-refractivity contribution in [1.29, 1.82) is 0 Å². The minimum Gasteiger partial charge on any atom is -0.383 e. The Morgan fingerprint density at radius 1 is 1.33 bits per heavy atom. The Morgan fingerprint density at radius 2 is 2.00 bits per heavy atom. The Kier molecular flexibility index (Phi) is 5.34. The number of nitrogens with one attached hydrogen (secondary N) is 1. The Bertz CT molecular complexity index is 389. The van der Waals surface area contributed by atoms with E-state index in [1.165, 1.54) is 0 Å². The van der Waals surface area contributed by atoms with E-state index in [1.54, 1.807) is 0 Å². The standard InChI is InChI=1S/C13H25N5/c1-6-18(5)8-7-15-13-10(4)11(14)16-12(17-13)9(2)3/h9H,6-8H2,1-5H3,(H3,14,15,16,17). The quantitative estimate of drug-likeness (QED) is 0.807. The van der Waals surface area contributed by atoms with E-state index in [2.05, 4.69) is 48.0 Å². The molecule has 1 aromatic heterocycles. The fourth-order valence-corrected chi connectivity index (χ4v) is 1.51.